The lowest BCUT2D eigenvalue weighted by atomic mass is 10.0. The molecule has 1 aromatic heterocycles. The minimum absolute atomic E-state index is 0.160. The second-order valence-electron chi connectivity index (χ2n) is 7.33. The summed E-state index contributed by atoms with van der Waals surface area (Å²) in [7, 11) is -2.63. The number of halogens is 2. The number of carbonyl (C=O) groups is 1. The van der Waals surface area contributed by atoms with E-state index in [1.165, 1.54) is 12.1 Å². The Hall–Kier alpha value is -1.94. The molecule has 0 aliphatic carbocycles. The Morgan fingerprint density at radius 3 is 2.64 bits per heavy atom. The van der Waals surface area contributed by atoms with Crippen LogP contribution in [0, 0.1) is 5.82 Å². The van der Waals surface area contributed by atoms with Crippen molar-refractivity contribution >= 4 is 43.3 Å². The van der Waals surface area contributed by atoms with Gasteiger partial charge in [0.1, 0.15) is 10.4 Å². The summed E-state index contributed by atoms with van der Waals surface area (Å²) in [6.07, 6.45) is 0.516. The summed E-state index contributed by atoms with van der Waals surface area (Å²) >= 11 is 3.42. The molecule has 3 aromatic rings. The molecule has 1 atom stereocenters. The van der Waals surface area contributed by atoms with Crippen molar-refractivity contribution in [3.8, 4) is 5.69 Å². The monoisotopic (exact) mass is 467 g/mol. The summed E-state index contributed by atoms with van der Waals surface area (Å²) < 4.78 is 35.3. The van der Waals surface area contributed by atoms with Crippen LogP contribution in [0.25, 0.3) is 16.6 Å². The standard InChI is InChI=1S/C19H19BrFN3O3S/c1-19(8-9-28(26,27)11-19)22-18(25)12-2-7-15-16(10-12)24(23-17(15)20)14-5-3-13(21)4-6-14/h2-7,10,26-27H,8-9,11H2,1H3,(H,22,25). The molecule has 148 valence electrons. The number of carbonyl (C=O) groups excluding carboxylic acids is 1. The molecule has 0 radical (unpaired) electrons. The minimum Gasteiger partial charge on any atom is -0.345 e. The summed E-state index contributed by atoms with van der Waals surface area (Å²) in [5, 5.41) is 8.20. The van der Waals surface area contributed by atoms with Gasteiger partial charge in [-0.2, -0.15) is 15.7 Å². The maximum Gasteiger partial charge on any atom is 0.251 e. The number of hydrogen-bond donors (Lipinski definition) is 3. The van der Waals surface area contributed by atoms with Gasteiger partial charge in [-0.25, -0.2) is 9.07 Å². The molecule has 3 N–H and O–H groups in total. The van der Waals surface area contributed by atoms with Gasteiger partial charge in [0, 0.05) is 16.7 Å². The second-order valence-corrected chi connectivity index (χ2v) is 10.4. The highest BCUT2D eigenvalue weighted by atomic mass is 79.9. The normalized spacial score (nSPS) is 22.3. The Labute approximate surface area is 171 Å². The van der Waals surface area contributed by atoms with Crippen molar-refractivity contribution in [2.24, 2.45) is 0 Å². The third kappa shape index (κ3) is 3.67. The van der Waals surface area contributed by atoms with Crippen LogP contribution in [0.2, 0.25) is 0 Å². The highest BCUT2D eigenvalue weighted by molar-refractivity contribution is 9.10. The van der Waals surface area contributed by atoms with Gasteiger partial charge in [0.2, 0.25) is 0 Å². The minimum atomic E-state index is -2.63. The lowest BCUT2D eigenvalue weighted by Crippen LogP contribution is -2.46. The molecule has 1 unspecified atom stereocenters. The molecule has 0 spiro atoms. The molecule has 0 bridgehead atoms. The molecule has 9 heteroatoms. The summed E-state index contributed by atoms with van der Waals surface area (Å²) in [5.74, 6) is -0.167. The molecule has 2 heterocycles. The van der Waals surface area contributed by atoms with Crippen LogP contribution in [0.3, 0.4) is 0 Å². The first kappa shape index (κ1) is 19.4. The van der Waals surface area contributed by atoms with Crippen LogP contribution in [0.4, 0.5) is 4.39 Å². The van der Waals surface area contributed by atoms with E-state index < -0.39 is 16.1 Å². The average molecular weight is 468 g/mol. The molecule has 6 nitrogen and oxygen atoms in total. The maximum atomic E-state index is 13.3. The predicted molar refractivity (Wildman–Crippen MR) is 112 cm³/mol. The largest absolute Gasteiger partial charge is 0.345 e. The Bertz CT molecular complexity index is 1070. The Morgan fingerprint density at radius 1 is 1.29 bits per heavy atom. The van der Waals surface area contributed by atoms with E-state index >= 15 is 0 Å². The highest BCUT2D eigenvalue weighted by Crippen LogP contribution is 2.49. The van der Waals surface area contributed by atoms with Gasteiger partial charge < -0.3 is 5.32 Å². The van der Waals surface area contributed by atoms with Gasteiger partial charge in [0.25, 0.3) is 5.91 Å². The van der Waals surface area contributed by atoms with Crippen LogP contribution in [0.5, 0.6) is 0 Å². The van der Waals surface area contributed by atoms with Gasteiger partial charge in [-0.1, -0.05) is 0 Å². The first-order chi connectivity index (χ1) is 13.2. The molecular weight excluding hydrogens is 449 g/mol. The molecule has 1 amide bonds. The number of amides is 1. The summed E-state index contributed by atoms with van der Waals surface area (Å²) in [6.45, 7) is 1.82. The number of benzene rings is 2. The van der Waals surface area contributed by atoms with Crippen molar-refractivity contribution in [2.75, 3.05) is 11.5 Å². The van der Waals surface area contributed by atoms with E-state index in [1.54, 1.807) is 35.0 Å². The van der Waals surface area contributed by atoms with Gasteiger partial charge in [0.05, 0.1) is 22.5 Å². The number of aromatic nitrogens is 2. The molecule has 1 saturated heterocycles. The third-order valence-corrected chi connectivity index (χ3v) is 7.46. The van der Waals surface area contributed by atoms with E-state index in [0.717, 1.165) is 5.39 Å². The van der Waals surface area contributed by atoms with Gasteiger partial charge in [-0.05, 0) is 71.7 Å². The first-order valence-corrected chi connectivity index (χ1v) is 11.3. The Morgan fingerprint density at radius 2 is 2.00 bits per heavy atom. The fourth-order valence-electron chi connectivity index (χ4n) is 3.49. The van der Waals surface area contributed by atoms with Gasteiger partial charge in [-0.15, -0.1) is 0 Å². The van der Waals surface area contributed by atoms with Crippen LogP contribution in [0.1, 0.15) is 23.7 Å². The lowest BCUT2D eigenvalue weighted by Gasteiger charge is -2.30. The third-order valence-electron chi connectivity index (χ3n) is 4.92. The molecule has 28 heavy (non-hydrogen) atoms. The van der Waals surface area contributed by atoms with Gasteiger partial charge in [0.15, 0.2) is 0 Å². The van der Waals surface area contributed by atoms with Crippen LogP contribution in [-0.2, 0) is 0 Å². The van der Waals surface area contributed by atoms with Crippen LogP contribution in [-0.4, -0.2) is 41.8 Å². The number of fused-ring (bicyclic) bond motifs is 1. The van der Waals surface area contributed by atoms with Crippen molar-refractivity contribution < 1.29 is 18.3 Å². The quantitative estimate of drug-likeness (QED) is 0.526. The zero-order valence-corrected chi connectivity index (χ0v) is 17.4. The van der Waals surface area contributed by atoms with E-state index in [9.17, 15) is 18.3 Å². The SMILES string of the molecule is CC1(NC(=O)c2ccc3c(Br)nn(-c4ccc(F)cc4)c3c2)CCS(O)(O)C1. The summed E-state index contributed by atoms with van der Waals surface area (Å²) in [5.41, 5.74) is 1.16. The Kier molecular flexibility index (Phi) is 4.73. The topological polar surface area (TPSA) is 87.4 Å². The number of hydrogen-bond acceptors (Lipinski definition) is 4. The van der Waals surface area contributed by atoms with E-state index in [0.29, 0.717) is 33.5 Å². The van der Waals surface area contributed by atoms with Crippen molar-refractivity contribution in [1.29, 1.82) is 0 Å². The van der Waals surface area contributed by atoms with Gasteiger partial charge in [-0.3, -0.25) is 13.9 Å². The van der Waals surface area contributed by atoms with E-state index in [-0.39, 0.29) is 17.5 Å². The molecule has 4 rings (SSSR count). The zero-order chi connectivity index (χ0) is 20.1. The highest BCUT2D eigenvalue weighted by Gasteiger charge is 2.39. The van der Waals surface area contributed by atoms with Crippen LogP contribution >= 0.6 is 26.5 Å². The molecule has 1 fully saturated rings. The van der Waals surface area contributed by atoms with Crippen molar-refractivity contribution in [2.45, 2.75) is 18.9 Å². The predicted octanol–water partition coefficient (Wildman–Crippen LogP) is 4.57. The van der Waals surface area contributed by atoms with Gasteiger partial charge >= 0.3 is 0 Å². The fraction of sp³-hybridized carbons (Fsp3) is 0.263. The lowest BCUT2D eigenvalue weighted by molar-refractivity contribution is 0.0915. The second kappa shape index (κ2) is 6.84. The number of rotatable bonds is 3. The van der Waals surface area contributed by atoms with Crippen molar-refractivity contribution in [3.63, 3.8) is 0 Å². The van der Waals surface area contributed by atoms with Crippen LogP contribution in [0.15, 0.2) is 47.1 Å². The maximum absolute atomic E-state index is 13.3. The van der Waals surface area contributed by atoms with Crippen molar-refractivity contribution in [3.05, 3.63) is 58.4 Å². The summed E-state index contributed by atoms with van der Waals surface area (Å²) in [6, 6.07) is 11.2. The molecule has 1 aliphatic rings. The van der Waals surface area contributed by atoms with E-state index in [4.69, 9.17) is 0 Å². The molecule has 1 aliphatic heterocycles. The fourth-order valence-corrected chi connectivity index (χ4v) is 6.14. The zero-order valence-electron chi connectivity index (χ0n) is 15.0. The number of nitrogens with one attached hydrogen (secondary N) is 1. The average Bonchev–Trinajstić information content (AvgIpc) is 3.11. The van der Waals surface area contributed by atoms with E-state index in [2.05, 4.69) is 26.3 Å². The van der Waals surface area contributed by atoms with Crippen LogP contribution < -0.4 is 5.32 Å². The molecular formula is C19H19BrFN3O3S. The molecule has 2 aromatic carbocycles. The van der Waals surface area contributed by atoms with E-state index in [1.807, 2.05) is 6.92 Å². The van der Waals surface area contributed by atoms with Crippen molar-refractivity contribution in [1.82, 2.24) is 15.1 Å². The smallest absolute Gasteiger partial charge is 0.251 e. The number of nitrogens with zero attached hydrogens (tertiary/aromatic N) is 2. The summed E-state index contributed by atoms with van der Waals surface area (Å²) in [4.78, 5) is 12.8. The molecule has 0 saturated carbocycles. The first-order valence-electron chi connectivity index (χ1n) is 8.66. The Balaban J connectivity index is 1.68.